The first kappa shape index (κ1) is 10.9. The molecule has 0 unspecified atom stereocenters. The number of hydrogen-bond acceptors (Lipinski definition) is 1. The predicted molar refractivity (Wildman–Crippen MR) is 41.6 cm³/mol. The predicted octanol–water partition coefficient (Wildman–Crippen LogP) is -1.94. The van der Waals surface area contributed by atoms with Crippen LogP contribution < -0.4 is 17.0 Å². The lowest BCUT2D eigenvalue weighted by Crippen LogP contribution is -3.00. The minimum atomic E-state index is 0. The lowest BCUT2D eigenvalue weighted by atomic mass is 10.2. The number of halogens is 1. The zero-order valence-corrected chi connectivity index (χ0v) is 7.75. The lowest BCUT2D eigenvalue weighted by molar-refractivity contribution is -0.685. The van der Waals surface area contributed by atoms with Gasteiger partial charge in [0.2, 0.25) is 6.54 Å². The molecule has 0 aliphatic carbocycles. The molecule has 0 atom stereocenters. The molecule has 1 heterocycles. The highest BCUT2D eigenvalue weighted by Crippen LogP contribution is 1.94. The molecule has 1 aromatic rings. The Kier molecular flexibility index (Phi) is 5.07. The van der Waals surface area contributed by atoms with Crippen molar-refractivity contribution in [2.45, 2.75) is 19.9 Å². The normalized spacial score (nSPS) is 8.33. The van der Waals surface area contributed by atoms with E-state index in [1.54, 1.807) is 0 Å². The van der Waals surface area contributed by atoms with Crippen LogP contribution in [0.25, 0.3) is 0 Å². The molecule has 0 bridgehead atoms. The molecular weight excluding hydrogens is 172 g/mol. The Morgan fingerprint density at radius 1 is 1.42 bits per heavy atom. The lowest BCUT2D eigenvalue weighted by Gasteiger charge is -1.92. The maximum Gasteiger partial charge on any atom is 0.233 e. The molecule has 64 valence electrons. The van der Waals surface area contributed by atoms with Crippen LogP contribution in [0.4, 0.5) is 0 Å². The van der Waals surface area contributed by atoms with Gasteiger partial charge in [-0.2, -0.15) is 9.83 Å². The van der Waals surface area contributed by atoms with Crippen molar-refractivity contribution < 1.29 is 17.0 Å². The summed E-state index contributed by atoms with van der Waals surface area (Å²) in [4.78, 5) is 0. The summed E-state index contributed by atoms with van der Waals surface area (Å²) in [5, 5.41) is 8.38. The van der Waals surface area contributed by atoms with Gasteiger partial charge in [-0.1, -0.05) is 6.92 Å². The largest absolute Gasteiger partial charge is 1.00 e. The smallest absolute Gasteiger partial charge is 0.233 e. The molecule has 3 heteroatoms. The van der Waals surface area contributed by atoms with E-state index in [9.17, 15) is 0 Å². The molecule has 0 saturated carbocycles. The van der Waals surface area contributed by atoms with Crippen LogP contribution in [-0.2, 0) is 13.0 Å². The molecule has 1 rings (SSSR count). The van der Waals surface area contributed by atoms with Crippen LogP contribution in [0, 0.1) is 11.3 Å². The highest BCUT2D eigenvalue weighted by Gasteiger charge is 1.96. The molecular formula is C9H11ClN2. The van der Waals surface area contributed by atoms with Gasteiger partial charge in [0, 0.05) is 12.1 Å². The van der Waals surface area contributed by atoms with E-state index in [-0.39, 0.29) is 12.4 Å². The second-order valence-electron chi connectivity index (χ2n) is 2.39. The van der Waals surface area contributed by atoms with Crippen LogP contribution in [0.15, 0.2) is 24.5 Å². The summed E-state index contributed by atoms with van der Waals surface area (Å²) >= 11 is 0. The third-order valence-corrected chi connectivity index (χ3v) is 1.62. The van der Waals surface area contributed by atoms with Gasteiger partial charge in [0.25, 0.3) is 0 Å². The fourth-order valence-electron chi connectivity index (χ4n) is 0.911. The highest BCUT2D eigenvalue weighted by atomic mass is 35.5. The number of hydrogen-bond donors (Lipinski definition) is 0. The number of nitriles is 1. The Hall–Kier alpha value is -1.07. The van der Waals surface area contributed by atoms with Crippen molar-refractivity contribution in [1.82, 2.24) is 0 Å². The standard InChI is InChI=1S/C9H11N2.ClH/c1-2-9-3-6-11(7-4-9)8-5-10;/h3-4,6-7H,2,8H2,1H3;1H/q+1;/p-1. The minimum Gasteiger partial charge on any atom is -1.00 e. The zero-order chi connectivity index (χ0) is 8.10. The van der Waals surface area contributed by atoms with E-state index in [0.29, 0.717) is 6.54 Å². The van der Waals surface area contributed by atoms with Gasteiger partial charge in [-0.3, -0.25) is 0 Å². The van der Waals surface area contributed by atoms with Gasteiger partial charge in [0.15, 0.2) is 12.4 Å². The van der Waals surface area contributed by atoms with Gasteiger partial charge in [0.05, 0.1) is 0 Å². The molecule has 1 aromatic heterocycles. The molecule has 0 aromatic carbocycles. The number of aromatic nitrogens is 1. The molecule has 0 fully saturated rings. The fourth-order valence-corrected chi connectivity index (χ4v) is 0.911. The second kappa shape index (κ2) is 5.56. The Morgan fingerprint density at radius 2 is 2.00 bits per heavy atom. The van der Waals surface area contributed by atoms with Gasteiger partial charge in [-0.15, -0.1) is 0 Å². The Labute approximate surface area is 78.9 Å². The first-order chi connectivity index (χ1) is 5.36. The fraction of sp³-hybridized carbons (Fsp3) is 0.333. The zero-order valence-electron chi connectivity index (χ0n) is 7.00. The average Bonchev–Trinajstić information content (AvgIpc) is 2.07. The summed E-state index contributed by atoms with van der Waals surface area (Å²) in [6.45, 7) is 2.55. The monoisotopic (exact) mass is 182 g/mol. The van der Waals surface area contributed by atoms with Crippen molar-refractivity contribution in [2.24, 2.45) is 0 Å². The van der Waals surface area contributed by atoms with Crippen molar-refractivity contribution in [3.63, 3.8) is 0 Å². The third kappa shape index (κ3) is 2.89. The molecule has 0 aliphatic heterocycles. The molecule has 0 saturated heterocycles. The number of aryl methyl sites for hydroxylation is 1. The molecule has 0 spiro atoms. The molecule has 0 amide bonds. The van der Waals surface area contributed by atoms with E-state index >= 15 is 0 Å². The van der Waals surface area contributed by atoms with Crippen LogP contribution in [0.5, 0.6) is 0 Å². The van der Waals surface area contributed by atoms with Crippen LogP contribution in [0.3, 0.4) is 0 Å². The number of rotatable bonds is 2. The molecule has 0 radical (unpaired) electrons. The third-order valence-electron chi connectivity index (χ3n) is 1.62. The summed E-state index contributed by atoms with van der Waals surface area (Å²) in [7, 11) is 0. The van der Waals surface area contributed by atoms with Crippen molar-refractivity contribution in [3.05, 3.63) is 30.1 Å². The average molecular weight is 183 g/mol. The van der Waals surface area contributed by atoms with Crippen molar-refractivity contribution in [1.29, 1.82) is 5.26 Å². The molecule has 0 N–H and O–H groups in total. The summed E-state index contributed by atoms with van der Waals surface area (Å²) in [5.41, 5.74) is 1.30. The van der Waals surface area contributed by atoms with Gasteiger partial charge in [-0.05, 0) is 12.0 Å². The van der Waals surface area contributed by atoms with E-state index in [2.05, 4.69) is 13.0 Å². The Bertz CT molecular complexity index is 261. The summed E-state index contributed by atoms with van der Waals surface area (Å²) in [6.07, 6.45) is 4.91. The van der Waals surface area contributed by atoms with Gasteiger partial charge < -0.3 is 12.4 Å². The van der Waals surface area contributed by atoms with Crippen LogP contribution in [-0.4, -0.2) is 0 Å². The first-order valence-corrected chi connectivity index (χ1v) is 3.71. The van der Waals surface area contributed by atoms with Crippen LogP contribution in [0.2, 0.25) is 0 Å². The van der Waals surface area contributed by atoms with Crippen LogP contribution >= 0.6 is 0 Å². The minimum absolute atomic E-state index is 0. The van der Waals surface area contributed by atoms with E-state index < -0.39 is 0 Å². The van der Waals surface area contributed by atoms with Gasteiger partial charge >= 0.3 is 0 Å². The summed E-state index contributed by atoms with van der Waals surface area (Å²) in [5.74, 6) is 0. The second-order valence-corrected chi connectivity index (χ2v) is 2.39. The Morgan fingerprint density at radius 3 is 2.42 bits per heavy atom. The molecule has 0 aliphatic rings. The quantitative estimate of drug-likeness (QED) is 0.490. The van der Waals surface area contributed by atoms with Crippen molar-refractivity contribution in [3.8, 4) is 6.07 Å². The van der Waals surface area contributed by atoms with Gasteiger partial charge in [0.1, 0.15) is 6.07 Å². The maximum absolute atomic E-state index is 8.38. The number of nitrogens with zero attached hydrogens (tertiary/aromatic N) is 2. The van der Waals surface area contributed by atoms with Crippen LogP contribution in [0.1, 0.15) is 12.5 Å². The highest BCUT2D eigenvalue weighted by molar-refractivity contribution is 5.06. The maximum atomic E-state index is 8.38. The van der Waals surface area contributed by atoms with Gasteiger partial charge in [-0.25, -0.2) is 0 Å². The number of pyridine rings is 1. The van der Waals surface area contributed by atoms with Crippen molar-refractivity contribution in [2.75, 3.05) is 0 Å². The summed E-state index contributed by atoms with van der Waals surface area (Å²) in [6, 6.07) is 6.16. The SMILES string of the molecule is CCc1cc[n+](CC#N)cc1.[Cl-]. The van der Waals surface area contributed by atoms with E-state index in [4.69, 9.17) is 5.26 Å². The van der Waals surface area contributed by atoms with Crippen molar-refractivity contribution >= 4 is 0 Å². The topological polar surface area (TPSA) is 27.7 Å². The Balaban J connectivity index is 0.00000121. The first-order valence-electron chi connectivity index (χ1n) is 3.71. The molecule has 2 nitrogen and oxygen atoms in total. The summed E-state index contributed by atoms with van der Waals surface area (Å²) < 4.78 is 1.86. The molecule has 12 heavy (non-hydrogen) atoms. The van der Waals surface area contributed by atoms with E-state index in [1.165, 1.54) is 5.56 Å². The van der Waals surface area contributed by atoms with E-state index in [1.807, 2.05) is 29.1 Å². The van der Waals surface area contributed by atoms with E-state index in [0.717, 1.165) is 6.42 Å².